The highest BCUT2D eigenvalue weighted by Crippen LogP contribution is 2.31. The van der Waals surface area contributed by atoms with Gasteiger partial charge in [-0.1, -0.05) is 40.5 Å². The van der Waals surface area contributed by atoms with Gasteiger partial charge >= 0.3 is 0 Å². The van der Waals surface area contributed by atoms with E-state index < -0.39 is 0 Å². The molecule has 0 nitrogen and oxygen atoms in total. The van der Waals surface area contributed by atoms with Crippen LogP contribution >= 0.6 is 27.7 Å². The fourth-order valence-electron chi connectivity index (χ4n) is 1.59. The minimum absolute atomic E-state index is 0.634. The van der Waals surface area contributed by atoms with Gasteiger partial charge in [0.1, 0.15) is 0 Å². The molecule has 0 heterocycles. The molecule has 2 heteroatoms. The van der Waals surface area contributed by atoms with E-state index in [0.717, 1.165) is 5.33 Å². The second-order valence-electron chi connectivity index (χ2n) is 3.81. The first-order valence-corrected chi connectivity index (χ1v) is 6.85. The molecule has 1 aromatic carbocycles. The van der Waals surface area contributed by atoms with Crippen LogP contribution in [0.3, 0.4) is 0 Å². The highest BCUT2D eigenvalue weighted by molar-refractivity contribution is 9.09. The van der Waals surface area contributed by atoms with Gasteiger partial charge in [-0.25, -0.2) is 0 Å². The summed E-state index contributed by atoms with van der Waals surface area (Å²) in [6, 6.07) is 4.52. The molecular weight excluding hydrogens is 256 g/mol. The van der Waals surface area contributed by atoms with Crippen molar-refractivity contribution in [2.45, 2.75) is 37.8 Å². The summed E-state index contributed by atoms with van der Waals surface area (Å²) in [6.45, 7) is 8.80. The maximum absolute atomic E-state index is 3.52. The Hall–Kier alpha value is 0.0500. The molecule has 0 aliphatic rings. The first-order valence-electron chi connectivity index (χ1n) is 4.85. The Labute approximate surface area is 99.6 Å². The number of hydrogen-bond donors (Lipinski definition) is 0. The molecule has 0 saturated heterocycles. The van der Waals surface area contributed by atoms with E-state index in [1.807, 2.05) is 11.8 Å². The van der Waals surface area contributed by atoms with Gasteiger partial charge in [0.15, 0.2) is 0 Å². The van der Waals surface area contributed by atoms with Crippen molar-refractivity contribution in [1.82, 2.24) is 0 Å². The van der Waals surface area contributed by atoms with Crippen LogP contribution in [0.15, 0.2) is 17.0 Å². The summed E-state index contributed by atoms with van der Waals surface area (Å²) in [5, 5.41) is 1.68. The summed E-state index contributed by atoms with van der Waals surface area (Å²) in [6.07, 6.45) is 0. The fraction of sp³-hybridized carbons (Fsp3) is 0.500. The molecule has 1 rings (SSSR count). The third kappa shape index (κ3) is 3.03. The number of benzene rings is 1. The van der Waals surface area contributed by atoms with Gasteiger partial charge in [0.25, 0.3) is 0 Å². The van der Waals surface area contributed by atoms with Crippen LogP contribution in [0.1, 0.15) is 23.6 Å². The topological polar surface area (TPSA) is 0 Å². The number of halogens is 1. The Balaban J connectivity index is 2.96. The third-order valence-corrected chi connectivity index (χ3v) is 4.99. The smallest absolute Gasteiger partial charge is 0.0163 e. The maximum atomic E-state index is 3.52. The van der Waals surface area contributed by atoms with Crippen molar-refractivity contribution < 1.29 is 0 Å². The monoisotopic (exact) mass is 272 g/mol. The van der Waals surface area contributed by atoms with Gasteiger partial charge in [0.05, 0.1) is 0 Å². The lowest BCUT2D eigenvalue weighted by Gasteiger charge is -2.13. The lowest BCUT2D eigenvalue weighted by Crippen LogP contribution is -1.98. The molecule has 0 saturated carbocycles. The molecule has 0 spiro atoms. The highest BCUT2D eigenvalue weighted by atomic mass is 79.9. The van der Waals surface area contributed by atoms with Crippen molar-refractivity contribution in [1.29, 1.82) is 0 Å². The van der Waals surface area contributed by atoms with E-state index in [1.165, 1.54) is 21.6 Å². The lowest BCUT2D eigenvalue weighted by molar-refractivity contribution is 1.11. The predicted octanol–water partition coefficient (Wildman–Crippen LogP) is 4.49. The quantitative estimate of drug-likeness (QED) is 0.577. The molecule has 1 unspecified atom stereocenters. The van der Waals surface area contributed by atoms with Crippen molar-refractivity contribution in [2.75, 3.05) is 5.33 Å². The van der Waals surface area contributed by atoms with E-state index in [2.05, 4.69) is 55.8 Å². The van der Waals surface area contributed by atoms with Gasteiger partial charge in [0, 0.05) is 15.5 Å². The number of rotatable bonds is 3. The van der Waals surface area contributed by atoms with Crippen molar-refractivity contribution in [3.63, 3.8) is 0 Å². The number of alkyl halides is 1. The molecule has 0 N–H and O–H groups in total. The molecular formula is C12H17BrS. The molecule has 78 valence electrons. The van der Waals surface area contributed by atoms with Crippen LogP contribution in [0, 0.1) is 20.8 Å². The summed E-state index contributed by atoms with van der Waals surface area (Å²) < 4.78 is 0. The van der Waals surface area contributed by atoms with Crippen molar-refractivity contribution in [2.24, 2.45) is 0 Å². The summed E-state index contributed by atoms with van der Waals surface area (Å²) in [5.74, 6) is 0. The van der Waals surface area contributed by atoms with E-state index in [0.29, 0.717) is 5.25 Å². The zero-order valence-electron chi connectivity index (χ0n) is 9.23. The van der Waals surface area contributed by atoms with Gasteiger partial charge < -0.3 is 0 Å². The van der Waals surface area contributed by atoms with Gasteiger partial charge in [-0.2, -0.15) is 0 Å². The minimum Gasteiger partial charge on any atom is -0.122 e. The molecule has 0 fully saturated rings. The molecule has 0 bridgehead atoms. The Morgan fingerprint density at radius 3 is 2.14 bits per heavy atom. The molecule has 0 amide bonds. The Bertz CT molecular complexity index is 297. The highest BCUT2D eigenvalue weighted by Gasteiger charge is 2.08. The molecule has 0 radical (unpaired) electrons. The average Bonchev–Trinajstić information content (AvgIpc) is 2.10. The zero-order valence-corrected chi connectivity index (χ0v) is 11.6. The first kappa shape index (κ1) is 12.1. The van der Waals surface area contributed by atoms with E-state index in [-0.39, 0.29) is 0 Å². The van der Waals surface area contributed by atoms with Gasteiger partial charge in [-0.3, -0.25) is 0 Å². The Morgan fingerprint density at radius 2 is 1.71 bits per heavy atom. The SMILES string of the molecule is Cc1cc(C)c(SC(C)CBr)c(C)c1. The van der Waals surface area contributed by atoms with Crippen LogP contribution in [-0.4, -0.2) is 10.6 Å². The Morgan fingerprint density at radius 1 is 1.21 bits per heavy atom. The number of hydrogen-bond acceptors (Lipinski definition) is 1. The van der Waals surface area contributed by atoms with Crippen molar-refractivity contribution in [3.05, 3.63) is 28.8 Å². The van der Waals surface area contributed by atoms with Crippen molar-refractivity contribution >= 4 is 27.7 Å². The second-order valence-corrected chi connectivity index (χ2v) is 5.91. The van der Waals surface area contributed by atoms with Crippen molar-refractivity contribution in [3.8, 4) is 0 Å². The third-order valence-electron chi connectivity index (χ3n) is 2.14. The largest absolute Gasteiger partial charge is 0.122 e. The first-order chi connectivity index (χ1) is 6.54. The van der Waals surface area contributed by atoms with Crippen LogP contribution < -0.4 is 0 Å². The van der Waals surface area contributed by atoms with Crippen LogP contribution in [0.4, 0.5) is 0 Å². The fourth-order valence-corrected chi connectivity index (χ4v) is 2.94. The van der Waals surface area contributed by atoms with Gasteiger partial charge in [0.2, 0.25) is 0 Å². The number of thioether (sulfide) groups is 1. The summed E-state index contributed by atoms with van der Waals surface area (Å²) in [5.41, 5.74) is 4.16. The molecule has 0 aliphatic heterocycles. The summed E-state index contributed by atoms with van der Waals surface area (Å²) >= 11 is 5.47. The summed E-state index contributed by atoms with van der Waals surface area (Å²) in [4.78, 5) is 1.45. The lowest BCUT2D eigenvalue weighted by atomic mass is 10.1. The van der Waals surface area contributed by atoms with E-state index >= 15 is 0 Å². The average molecular weight is 273 g/mol. The van der Waals surface area contributed by atoms with Gasteiger partial charge in [-0.05, 0) is 31.9 Å². The second kappa shape index (κ2) is 5.22. The Kier molecular flexibility index (Phi) is 4.52. The van der Waals surface area contributed by atoms with Crippen LogP contribution in [-0.2, 0) is 0 Å². The molecule has 1 aromatic rings. The van der Waals surface area contributed by atoms with Crippen LogP contribution in [0.2, 0.25) is 0 Å². The maximum Gasteiger partial charge on any atom is 0.0163 e. The van der Waals surface area contributed by atoms with Crippen LogP contribution in [0.5, 0.6) is 0 Å². The van der Waals surface area contributed by atoms with Crippen LogP contribution in [0.25, 0.3) is 0 Å². The van der Waals surface area contributed by atoms with E-state index in [1.54, 1.807) is 0 Å². The zero-order chi connectivity index (χ0) is 10.7. The molecule has 0 aromatic heterocycles. The molecule has 1 atom stereocenters. The summed E-state index contributed by atoms with van der Waals surface area (Å²) in [7, 11) is 0. The number of aryl methyl sites for hydroxylation is 3. The predicted molar refractivity (Wildman–Crippen MR) is 69.8 cm³/mol. The van der Waals surface area contributed by atoms with Gasteiger partial charge in [-0.15, -0.1) is 11.8 Å². The normalized spacial score (nSPS) is 12.9. The van der Waals surface area contributed by atoms with E-state index in [4.69, 9.17) is 0 Å². The molecule has 14 heavy (non-hydrogen) atoms. The standard InChI is InChI=1S/C12H17BrS/c1-8-5-9(2)12(10(3)6-8)14-11(4)7-13/h5-6,11H,7H2,1-4H3. The van der Waals surface area contributed by atoms with E-state index in [9.17, 15) is 0 Å². The minimum atomic E-state index is 0.634. The molecule has 0 aliphatic carbocycles.